The molecule has 2 heterocycles. The molecule has 0 saturated carbocycles. The smallest absolute Gasteiger partial charge is 0.368 e. The molecular weight excluding hydrogens is 414 g/mol. The van der Waals surface area contributed by atoms with Crippen LogP contribution in [0, 0.1) is 20.8 Å². The van der Waals surface area contributed by atoms with Crippen molar-refractivity contribution >= 4 is 11.6 Å². The molecule has 0 saturated heterocycles. The largest absolute Gasteiger partial charge is 0.489 e. The van der Waals surface area contributed by atoms with Crippen LogP contribution in [0.2, 0.25) is 5.02 Å². The number of aromatic nitrogens is 5. The lowest BCUT2D eigenvalue weighted by Gasteiger charge is -2.16. The topological polar surface area (TPSA) is 74.8 Å². The number of rotatable bonds is 5. The minimum Gasteiger partial charge on any atom is -0.489 e. The van der Waals surface area contributed by atoms with Gasteiger partial charge in [-0.2, -0.15) is 9.36 Å². The molecule has 0 unspecified atom stereocenters. The number of aryl methyl sites for hydroxylation is 4. The molecule has 0 fully saturated rings. The summed E-state index contributed by atoms with van der Waals surface area (Å²) in [5.41, 5.74) is 6.08. The molecule has 0 aliphatic heterocycles. The standard InChI is InChI=1S/C23H22ClN5O2/c1-14-6-5-7-21(29-23(30)28(4)26-27-29)19(14)13-31-22-11-15(2)18(10-16(22)3)20-12-17(24)8-9-25-20/h5-12H,13H2,1-4H3. The molecule has 4 rings (SSSR count). The lowest BCUT2D eigenvalue weighted by Crippen LogP contribution is -2.23. The molecule has 7 nitrogen and oxygen atoms in total. The summed E-state index contributed by atoms with van der Waals surface area (Å²) in [4.78, 5) is 16.8. The molecule has 4 aromatic rings. The van der Waals surface area contributed by atoms with E-state index in [1.165, 1.54) is 9.36 Å². The van der Waals surface area contributed by atoms with Crippen LogP contribution in [0.4, 0.5) is 0 Å². The van der Waals surface area contributed by atoms with E-state index in [0.717, 1.165) is 39.3 Å². The molecule has 2 aromatic heterocycles. The van der Waals surface area contributed by atoms with Gasteiger partial charge in [0.1, 0.15) is 12.4 Å². The van der Waals surface area contributed by atoms with E-state index in [-0.39, 0.29) is 5.69 Å². The van der Waals surface area contributed by atoms with Gasteiger partial charge in [-0.25, -0.2) is 4.79 Å². The predicted molar refractivity (Wildman–Crippen MR) is 120 cm³/mol. The van der Waals surface area contributed by atoms with E-state index in [4.69, 9.17) is 16.3 Å². The minimum atomic E-state index is -0.308. The van der Waals surface area contributed by atoms with Crippen molar-refractivity contribution in [1.29, 1.82) is 0 Å². The van der Waals surface area contributed by atoms with Crippen LogP contribution in [0.15, 0.2) is 53.5 Å². The van der Waals surface area contributed by atoms with Gasteiger partial charge >= 0.3 is 5.69 Å². The molecular formula is C23H22ClN5O2. The monoisotopic (exact) mass is 435 g/mol. The second kappa shape index (κ2) is 8.35. The highest BCUT2D eigenvalue weighted by Gasteiger charge is 2.15. The van der Waals surface area contributed by atoms with Crippen molar-refractivity contribution in [3.05, 3.63) is 86.4 Å². The number of halogens is 1. The van der Waals surface area contributed by atoms with Gasteiger partial charge in [0.15, 0.2) is 0 Å². The summed E-state index contributed by atoms with van der Waals surface area (Å²) < 4.78 is 8.68. The van der Waals surface area contributed by atoms with Gasteiger partial charge in [0.25, 0.3) is 0 Å². The Hall–Kier alpha value is -3.45. The average molecular weight is 436 g/mol. The third-order valence-corrected chi connectivity index (χ3v) is 5.46. The van der Waals surface area contributed by atoms with Crippen molar-refractivity contribution in [3.63, 3.8) is 0 Å². The van der Waals surface area contributed by atoms with Crippen LogP contribution in [0.25, 0.3) is 16.9 Å². The highest BCUT2D eigenvalue weighted by atomic mass is 35.5. The zero-order valence-electron chi connectivity index (χ0n) is 17.8. The van der Waals surface area contributed by atoms with Crippen LogP contribution in [0.1, 0.15) is 22.3 Å². The molecule has 0 spiro atoms. The quantitative estimate of drug-likeness (QED) is 0.470. The Bertz CT molecular complexity index is 1330. The number of hydrogen-bond donors (Lipinski definition) is 0. The van der Waals surface area contributed by atoms with Gasteiger partial charge in [-0.3, -0.25) is 4.98 Å². The zero-order chi connectivity index (χ0) is 22.1. The van der Waals surface area contributed by atoms with E-state index in [9.17, 15) is 4.79 Å². The molecule has 0 N–H and O–H groups in total. The molecule has 0 aliphatic rings. The van der Waals surface area contributed by atoms with Gasteiger partial charge in [-0.15, -0.1) is 0 Å². The Morgan fingerprint density at radius 3 is 2.52 bits per heavy atom. The fourth-order valence-corrected chi connectivity index (χ4v) is 3.62. The molecule has 0 bridgehead atoms. The van der Waals surface area contributed by atoms with Gasteiger partial charge in [0.2, 0.25) is 0 Å². The Morgan fingerprint density at radius 2 is 1.81 bits per heavy atom. The summed E-state index contributed by atoms with van der Waals surface area (Å²) in [7, 11) is 1.57. The highest BCUT2D eigenvalue weighted by molar-refractivity contribution is 6.30. The second-order valence-electron chi connectivity index (χ2n) is 7.45. The van der Waals surface area contributed by atoms with Crippen molar-refractivity contribution < 1.29 is 4.74 Å². The number of nitrogens with zero attached hydrogens (tertiary/aromatic N) is 5. The number of tetrazole rings is 1. The number of pyridine rings is 1. The first-order valence-corrected chi connectivity index (χ1v) is 10.2. The van der Waals surface area contributed by atoms with Crippen LogP contribution in [0.5, 0.6) is 5.75 Å². The lowest BCUT2D eigenvalue weighted by molar-refractivity contribution is 0.302. The fraction of sp³-hybridized carbons (Fsp3) is 0.217. The lowest BCUT2D eigenvalue weighted by atomic mass is 10.0. The van der Waals surface area contributed by atoms with Crippen molar-refractivity contribution in [3.8, 4) is 22.7 Å². The maximum atomic E-state index is 12.3. The molecule has 0 atom stereocenters. The minimum absolute atomic E-state index is 0.292. The summed E-state index contributed by atoms with van der Waals surface area (Å²) in [5, 5.41) is 8.43. The Balaban J connectivity index is 1.66. The van der Waals surface area contributed by atoms with E-state index in [1.54, 1.807) is 19.3 Å². The van der Waals surface area contributed by atoms with Gasteiger partial charge < -0.3 is 4.74 Å². The van der Waals surface area contributed by atoms with Crippen molar-refractivity contribution in [1.82, 2.24) is 24.8 Å². The Morgan fingerprint density at radius 1 is 1.00 bits per heavy atom. The van der Waals surface area contributed by atoms with Crippen molar-refractivity contribution in [2.45, 2.75) is 27.4 Å². The van der Waals surface area contributed by atoms with Crippen LogP contribution >= 0.6 is 11.6 Å². The first-order valence-electron chi connectivity index (χ1n) is 9.79. The van der Waals surface area contributed by atoms with Crippen molar-refractivity contribution in [2.75, 3.05) is 0 Å². The third-order valence-electron chi connectivity index (χ3n) is 5.23. The summed E-state index contributed by atoms with van der Waals surface area (Å²) in [6.45, 7) is 6.28. The maximum absolute atomic E-state index is 12.3. The predicted octanol–water partition coefficient (Wildman–Crippen LogP) is 4.19. The first-order chi connectivity index (χ1) is 14.8. The molecule has 31 heavy (non-hydrogen) atoms. The molecule has 8 heteroatoms. The first kappa shape index (κ1) is 20.8. The molecule has 0 aliphatic carbocycles. The fourth-order valence-electron chi connectivity index (χ4n) is 3.46. The van der Waals surface area contributed by atoms with E-state index in [0.29, 0.717) is 17.3 Å². The van der Waals surface area contributed by atoms with Crippen LogP contribution in [-0.4, -0.2) is 24.8 Å². The van der Waals surface area contributed by atoms with E-state index >= 15 is 0 Å². The summed E-state index contributed by atoms with van der Waals surface area (Å²) in [6.07, 6.45) is 1.70. The molecule has 0 radical (unpaired) electrons. The second-order valence-corrected chi connectivity index (χ2v) is 7.89. The normalized spacial score (nSPS) is 11.0. The van der Waals surface area contributed by atoms with E-state index in [1.807, 2.05) is 51.1 Å². The van der Waals surface area contributed by atoms with Crippen molar-refractivity contribution in [2.24, 2.45) is 7.05 Å². The van der Waals surface area contributed by atoms with E-state index < -0.39 is 0 Å². The highest BCUT2D eigenvalue weighted by Crippen LogP contribution is 2.31. The third kappa shape index (κ3) is 4.09. The number of ether oxygens (including phenoxy) is 1. The molecule has 0 amide bonds. The van der Waals surface area contributed by atoms with Crippen LogP contribution in [0.3, 0.4) is 0 Å². The molecule has 158 valence electrons. The summed E-state index contributed by atoms with van der Waals surface area (Å²) in [5.74, 6) is 0.768. The zero-order valence-corrected chi connectivity index (χ0v) is 18.5. The van der Waals surface area contributed by atoms with E-state index in [2.05, 4.69) is 21.5 Å². The van der Waals surface area contributed by atoms with Gasteiger partial charge in [0.05, 0.1) is 11.4 Å². The average Bonchev–Trinajstić information content (AvgIpc) is 3.07. The van der Waals surface area contributed by atoms with Crippen LogP contribution in [-0.2, 0) is 13.7 Å². The molecule has 2 aromatic carbocycles. The number of benzene rings is 2. The van der Waals surface area contributed by atoms with Crippen LogP contribution < -0.4 is 10.4 Å². The SMILES string of the molecule is Cc1cc(-c2cc(Cl)ccn2)c(C)cc1OCc1c(C)cccc1-n1nnn(C)c1=O. The Kier molecular flexibility index (Phi) is 5.61. The van der Waals surface area contributed by atoms with Gasteiger partial charge in [-0.1, -0.05) is 23.7 Å². The number of hydrogen-bond acceptors (Lipinski definition) is 5. The van der Waals surface area contributed by atoms with Gasteiger partial charge in [-0.05, 0) is 78.2 Å². The van der Waals surface area contributed by atoms with Gasteiger partial charge in [0, 0.05) is 29.4 Å². The summed E-state index contributed by atoms with van der Waals surface area (Å²) in [6, 6.07) is 13.4. The summed E-state index contributed by atoms with van der Waals surface area (Å²) >= 11 is 6.13. The maximum Gasteiger partial charge on any atom is 0.368 e. The Labute approximate surface area is 184 Å².